The minimum absolute atomic E-state index is 0.176. The van der Waals surface area contributed by atoms with Gasteiger partial charge in [0.2, 0.25) is 0 Å². The lowest BCUT2D eigenvalue weighted by atomic mass is 9.73. The molecular weight excluding hydrogens is 212 g/mol. The van der Waals surface area contributed by atoms with E-state index in [9.17, 15) is 0 Å². The molecule has 0 bridgehead atoms. The van der Waals surface area contributed by atoms with Crippen molar-refractivity contribution >= 4 is 0 Å². The molecule has 3 rings (SSSR count). The highest BCUT2D eigenvalue weighted by Crippen LogP contribution is 2.50. The Labute approximate surface area is 102 Å². The zero-order valence-corrected chi connectivity index (χ0v) is 10.3. The van der Waals surface area contributed by atoms with E-state index in [0.29, 0.717) is 5.41 Å². The van der Waals surface area contributed by atoms with Gasteiger partial charge in [0.25, 0.3) is 0 Å². The number of rotatable bonds is 1. The summed E-state index contributed by atoms with van der Waals surface area (Å²) in [7, 11) is 1.71. The Hall–Kier alpha value is -1.06. The summed E-state index contributed by atoms with van der Waals surface area (Å²) in [5.74, 6) is 0.921. The van der Waals surface area contributed by atoms with Crippen molar-refractivity contribution in [3.63, 3.8) is 0 Å². The number of hydrogen-bond acceptors (Lipinski definition) is 3. The molecule has 17 heavy (non-hydrogen) atoms. The van der Waals surface area contributed by atoms with Crippen molar-refractivity contribution in [2.24, 2.45) is 11.1 Å². The topological polar surface area (TPSA) is 47.3 Å². The van der Waals surface area contributed by atoms with Crippen LogP contribution in [0.25, 0.3) is 0 Å². The zero-order valence-electron chi connectivity index (χ0n) is 10.3. The predicted molar refractivity (Wildman–Crippen MR) is 68.2 cm³/mol. The van der Waals surface area contributed by atoms with Gasteiger partial charge < -0.3 is 15.8 Å². The van der Waals surface area contributed by atoms with Crippen LogP contribution in [-0.4, -0.2) is 20.2 Å². The molecule has 1 saturated heterocycles. The molecule has 1 heterocycles. The molecule has 3 N–H and O–H groups in total. The van der Waals surface area contributed by atoms with Gasteiger partial charge >= 0.3 is 0 Å². The molecule has 0 amide bonds. The lowest BCUT2D eigenvalue weighted by Gasteiger charge is -2.37. The SMILES string of the molecule is COc1ccc2c(c1)C(N)C1(CCNCC1)C2. The zero-order chi connectivity index (χ0) is 11.9. The van der Waals surface area contributed by atoms with E-state index in [4.69, 9.17) is 10.5 Å². The fourth-order valence-corrected chi connectivity index (χ4v) is 3.38. The van der Waals surface area contributed by atoms with Gasteiger partial charge in [0, 0.05) is 6.04 Å². The first-order valence-electron chi connectivity index (χ1n) is 6.38. The van der Waals surface area contributed by atoms with Crippen molar-refractivity contribution in [3.05, 3.63) is 29.3 Å². The quantitative estimate of drug-likeness (QED) is 0.773. The third-order valence-electron chi connectivity index (χ3n) is 4.49. The van der Waals surface area contributed by atoms with Gasteiger partial charge in [0.05, 0.1) is 7.11 Å². The van der Waals surface area contributed by atoms with Gasteiger partial charge in [-0.2, -0.15) is 0 Å². The van der Waals surface area contributed by atoms with E-state index in [2.05, 4.69) is 17.4 Å². The maximum Gasteiger partial charge on any atom is 0.119 e. The number of methoxy groups -OCH3 is 1. The van der Waals surface area contributed by atoms with Gasteiger partial charge in [0.15, 0.2) is 0 Å². The monoisotopic (exact) mass is 232 g/mol. The smallest absolute Gasteiger partial charge is 0.119 e. The van der Waals surface area contributed by atoms with Crippen LogP contribution in [0.3, 0.4) is 0 Å². The van der Waals surface area contributed by atoms with Gasteiger partial charge in [-0.1, -0.05) is 6.07 Å². The second-order valence-corrected chi connectivity index (χ2v) is 5.33. The number of benzene rings is 1. The fraction of sp³-hybridized carbons (Fsp3) is 0.571. The van der Waals surface area contributed by atoms with Crippen molar-refractivity contribution in [2.75, 3.05) is 20.2 Å². The van der Waals surface area contributed by atoms with Crippen LogP contribution in [0.2, 0.25) is 0 Å². The normalized spacial score (nSPS) is 25.9. The fourth-order valence-electron chi connectivity index (χ4n) is 3.38. The highest BCUT2D eigenvalue weighted by atomic mass is 16.5. The molecule has 3 heteroatoms. The van der Waals surface area contributed by atoms with Gasteiger partial charge in [-0.05, 0) is 61.0 Å². The van der Waals surface area contributed by atoms with Crippen LogP contribution in [0, 0.1) is 5.41 Å². The van der Waals surface area contributed by atoms with Crippen LogP contribution < -0.4 is 15.8 Å². The number of nitrogens with one attached hydrogen (secondary N) is 1. The molecule has 1 fully saturated rings. The van der Waals surface area contributed by atoms with Crippen LogP contribution >= 0.6 is 0 Å². The number of fused-ring (bicyclic) bond motifs is 1. The molecule has 0 aromatic heterocycles. The first kappa shape index (κ1) is 11.1. The second-order valence-electron chi connectivity index (χ2n) is 5.33. The lowest BCUT2D eigenvalue weighted by Crippen LogP contribution is -2.42. The average Bonchev–Trinajstić information content (AvgIpc) is 2.63. The molecule has 1 aliphatic carbocycles. The summed E-state index contributed by atoms with van der Waals surface area (Å²) in [5.41, 5.74) is 9.50. The van der Waals surface area contributed by atoms with E-state index < -0.39 is 0 Å². The van der Waals surface area contributed by atoms with Crippen molar-refractivity contribution in [3.8, 4) is 5.75 Å². The third kappa shape index (κ3) is 1.65. The van der Waals surface area contributed by atoms with E-state index in [1.165, 1.54) is 24.0 Å². The summed E-state index contributed by atoms with van der Waals surface area (Å²) in [5, 5.41) is 3.43. The standard InChI is InChI=1S/C14H20N2O/c1-17-11-3-2-10-9-14(4-6-16-7-5-14)13(15)12(10)8-11/h2-3,8,13,16H,4-7,9,15H2,1H3. The first-order chi connectivity index (χ1) is 8.25. The van der Waals surface area contributed by atoms with E-state index >= 15 is 0 Å². The lowest BCUT2D eigenvalue weighted by molar-refractivity contribution is 0.174. The Bertz CT molecular complexity index is 424. The van der Waals surface area contributed by atoms with Crippen LogP contribution in [0.5, 0.6) is 5.75 Å². The minimum Gasteiger partial charge on any atom is -0.497 e. The Morgan fingerprint density at radius 1 is 1.35 bits per heavy atom. The third-order valence-corrected chi connectivity index (χ3v) is 4.49. The summed E-state index contributed by atoms with van der Waals surface area (Å²) in [6, 6.07) is 6.53. The maximum absolute atomic E-state index is 6.50. The highest BCUT2D eigenvalue weighted by molar-refractivity contribution is 5.43. The maximum atomic E-state index is 6.50. The molecule has 1 aliphatic heterocycles. The molecule has 2 aliphatic rings. The van der Waals surface area contributed by atoms with Gasteiger partial charge in [-0.25, -0.2) is 0 Å². The van der Waals surface area contributed by atoms with Crippen LogP contribution in [-0.2, 0) is 6.42 Å². The molecular formula is C14H20N2O. The Balaban J connectivity index is 1.96. The Morgan fingerprint density at radius 2 is 2.12 bits per heavy atom. The van der Waals surface area contributed by atoms with E-state index in [-0.39, 0.29) is 6.04 Å². The molecule has 0 saturated carbocycles. The van der Waals surface area contributed by atoms with Crippen LogP contribution in [0.1, 0.15) is 30.0 Å². The summed E-state index contributed by atoms with van der Waals surface area (Å²) < 4.78 is 5.30. The van der Waals surface area contributed by atoms with Crippen molar-refractivity contribution in [2.45, 2.75) is 25.3 Å². The summed E-state index contributed by atoms with van der Waals surface area (Å²) in [4.78, 5) is 0. The molecule has 1 spiro atoms. The summed E-state index contributed by atoms with van der Waals surface area (Å²) in [6.45, 7) is 2.19. The number of piperidine rings is 1. The largest absolute Gasteiger partial charge is 0.497 e. The molecule has 3 nitrogen and oxygen atoms in total. The average molecular weight is 232 g/mol. The summed E-state index contributed by atoms with van der Waals surface area (Å²) in [6.07, 6.45) is 3.51. The molecule has 1 unspecified atom stereocenters. The number of ether oxygens (including phenoxy) is 1. The van der Waals surface area contributed by atoms with E-state index in [0.717, 1.165) is 25.3 Å². The molecule has 1 atom stereocenters. The molecule has 0 radical (unpaired) electrons. The van der Waals surface area contributed by atoms with Crippen LogP contribution in [0.4, 0.5) is 0 Å². The predicted octanol–water partition coefficient (Wildman–Crippen LogP) is 1.62. The number of nitrogens with two attached hydrogens (primary N) is 1. The van der Waals surface area contributed by atoms with Gasteiger partial charge in [-0.3, -0.25) is 0 Å². The Morgan fingerprint density at radius 3 is 2.82 bits per heavy atom. The van der Waals surface area contributed by atoms with Gasteiger partial charge in [0.1, 0.15) is 5.75 Å². The second kappa shape index (κ2) is 4.00. The van der Waals surface area contributed by atoms with Crippen molar-refractivity contribution in [1.82, 2.24) is 5.32 Å². The highest BCUT2D eigenvalue weighted by Gasteiger charge is 2.44. The van der Waals surface area contributed by atoms with E-state index in [1.807, 2.05) is 6.07 Å². The van der Waals surface area contributed by atoms with E-state index in [1.54, 1.807) is 7.11 Å². The van der Waals surface area contributed by atoms with Crippen molar-refractivity contribution in [1.29, 1.82) is 0 Å². The van der Waals surface area contributed by atoms with Gasteiger partial charge in [-0.15, -0.1) is 0 Å². The molecule has 1 aromatic carbocycles. The Kier molecular flexibility index (Phi) is 2.60. The first-order valence-corrected chi connectivity index (χ1v) is 6.38. The molecule has 92 valence electrons. The van der Waals surface area contributed by atoms with Crippen LogP contribution in [0.15, 0.2) is 18.2 Å². The minimum atomic E-state index is 0.176. The summed E-state index contributed by atoms with van der Waals surface area (Å²) >= 11 is 0. The number of hydrogen-bond donors (Lipinski definition) is 2. The molecule has 1 aromatic rings. The van der Waals surface area contributed by atoms with Crippen molar-refractivity contribution < 1.29 is 4.74 Å².